The quantitative estimate of drug-likeness (QED) is 0.664. The topological polar surface area (TPSA) is 109 Å². The number of hydrogen-bond acceptors (Lipinski definition) is 5. The molecule has 0 aromatic heterocycles. The van der Waals surface area contributed by atoms with Gasteiger partial charge in [0.15, 0.2) is 0 Å². The van der Waals surface area contributed by atoms with Crippen LogP contribution in [0.5, 0.6) is 5.75 Å². The molecule has 3 N–H and O–H groups in total. The van der Waals surface area contributed by atoms with E-state index in [4.69, 9.17) is 9.47 Å². The predicted octanol–water partition coefficient (Wildman–Crippen LogP) is 2.17. The van der Waals surface area contributed by atoms with Crippen LogP contribution in [0.2, 0.25) is 0 Å². The minimum atomic E-state index is -0.547. The van der Waals surface area contributed by atoms with E-state index < -0.39 is 11.6 Å². The molecule has 0 bridgehead atoms. The molecular formula is C20H30N4O5. The van der Waals surface area contributed by atoms with E-state index in [9.17, 15) is 14.4 Å². The van der Waals surface area contributed by atoms with Crippen molar-refractivity contribution in [2.75, 3.05) is 20.2 Å². The van der Waals surface area contributed by atoms with Crippen molar-refractivity contribution >= 4 is 18.0 Å². The van der Waals surface area contributed by atoms with Gasteiger partial charge < -0.3 is 19.7 Å². The van der Waals surface area contributed by atoms with Crippen molar-refractivity contribution in [3.63, 3.8) is 0 Å². The first kappa shape index (κ1) is 22.3. The van der Waals surface area contributed by atoms with Crippen LogP contribution in [-0.4, -0.2) is 48.7 Å². The van der Waals surface area contributed by atoms with Gasteiger partial charge in [0.2, 0.25) is 5.91 Å². The molecule has 0 unspecified atom stereocenters. The molecule has 1 aromatic carbocycles. The Morgan fingerprint density at radius 3 is 2.24 bits per heavy atom. The van der Waals surface area contributed by atoms with Crippen LogP contribution in [0.4, 0.5) is 9.59 Å². The maximum Gasteiger partial charge on any atom is 0.410 e. The van der Waals surface area contributed by atoms with Gasteiger partial charge in [0, 0.05) is 25.6 Å². The lowest BCUT2D eigenvalue weighted by Gasteiger charge is -2.32. The number of methoxy groups -OCH3 is 1. The van der Waals surface area contributed by atoms with Gasteiger partial charge in [-0.15, -0.1) is 0 Å². The van der Waals surface area contributed by atoms with Gasteiger partial charge in [0.25, 0.3) is 0 Å². The van der Waals surface area contributed by atoms with Crippen LogP contribution >= 0.6 is 0 Å². The van der Waals surface area contributed by atoms with Crippen molar-refractivity contribution in [2.45, 2.75) is 45.8 Å². The molecule has 1 aromatic rings. The number of nitrogens with zero attached hydrogens (tertiary/aromatic N) is 1. The summed E-state index contributed by atoms with van der Waals surface area (Å²) in [5.41, 5.74) is 5.15. The van der Waals surface area contributed by atoms with Crippen molar-refractivity contribution in [2.24, 2.45) is 5.92 Å². The number of amides is 4. The molecule has 0 saturated carbocycles. The number of rotatable bonds is 4. The fourth-order valence-corrected chi connectivity index (χ4v) is 2.84. The SMILES string of the molecule is COc1ccc(CNC(=O)NNC(=O)C2CCN(C(=O)OC(C)(C)C)CC2)cc1. The number of hydrogen-bond donors (Lipinski definition) is 3. The molecule has 1 heterocycles. The zero-order valence-corrected chi connectivity index (χ0v) is 17.4. The summed E-state index contributed by atoms with van der Waals surface area (Å²) in [6.45, 7) is 6.65. The maximum atomic E-state index is 12.3. The molecular weight excluding hydrogens is 376 g/mol. The van der Waals surface area contributed by atoms with Gasteiger partial charge in [-0.25, -0.2) is 15.0 Å². The van der Waals surface area contributed by atoms with Gasteiger partial charge in [0.05, 0.1) is 7.11 Å². The first-order valence-electron chi connectivity index (χ1n) is 9.62. The molecule has 1 saturated heterocycles. The first-order valence-corrected chi connectivity index (χ1v) is 9.62. The molecule has 9 heteroatoms. The van der Waals surface area contributed by atoms with E-state index in [0.717, 1.165) is 11.3 Å². The summed E-state index contributed by atoms with van der Waals surface area (Å²) in [7, 11) is 1.59. The molecule has 1 aliphatic rings. The van der Waals surface area contributed by atoms with Gasteiger partial charge in [-0.2, -0.15) is 0 Å². The van der Waals surface area contributed by atoms with Crippen LogP contribution in [-0.2, 0) is 16.1 Å². The number of hydrazine groups is 1. The fraction of sp³-hybridized carbons (Fsp3) is 0.550. The summed E-state index contributed by atoms with van der Waals surface area (Å²) in [6.07, 6.45) is 0.660. The lowest BCUT2D eigenvalue weighted by molar-refractivity contribution is -0.127. The highest BCUT2D eigenvalue weighted by Gasteiger charge is 2.30. The highest BCUT2D eigenvalue weighted by atomic mass is 16.6. The zero-order valence-electron chi connectivity index (χ0n) is 17.4. The van der Waals surface area contributed by atoms with Crippen molar-refractivity contribution < 1.29 is 23.9 Å². The van der Waals surface area contributed by atoms with Crippen molar-refractivity contribution in [1.29, 1.82) is 0 Å². The average Bonchev–Trinajstić information content (AvgIpc) is 2.69. The summed E-state index contributed by atoms with van der Waals surface area (Å²) in [5, 5.41) is 2.66. The largest absolute Gasteiger partial charge is 0.497 e. The summed E-state index contributed by atoms with van der Waals surface area (Å²) >= 11 is 0. The number of likely N-dealkylation sites (tertiary alicyclic amines) is 1. The second-order valence-corrected chi connectivity index (χ2v) is 7.89. The Hall–Kier alpha value is -2.97. The maximum absolute atomic E-state index is 12.3. The van der Waals surface area contributed by atoms with Crippen LogP contribution in [0, 0.1) is 5.92 Å². The molecule has 1 fully saturated rings. The Balaban J connectivity index is 1.67. The van der Waals surface area contributed by atoms with Crippen molar-refractivity contribution in [3.8, 4) is 5.75 Å². The number of urea groups is 1. The third-order valence-electron chi connectivity index (χ3n) is 4.43. The van der Waals surface area contributed by atoms with Crippen LogP contribution in [0.1, 0.15) is 39.2 Å². The van der Waals surface area contributed by atoms with Crippen LogP contribution in [0.25, 0.3) is 0 Å². The second-order valence-electron chi connectivity index (χ2n) is 7.89. The minimum absolute atomic E-state index is 0.268. The van der Waals surface area contributed by atoms with E-state index in [0.29, 0.717) is 32.5 Å². The second kappa shape index (κ2) is 9.99. The van der Waals surface area contributed by atoms with E-state index in [2.05, 4.69) is 16.2 Å². The van der Waals surface area contributed by atoms with E-state index in [1.165, 1.54) is 0 Å². The van der Waals surface area contributed by atoms with Gasteiger partial charge >= 0.3 is 12.1 Å². The summed E-state index contributed by atoms with van der Waals surface area (Å²) in [4.78, 5) is 37.8. The normalized spacial score (nSPS) is 14.7. The molecule has 2 rings (SSSR count). The fourth-order valence-electron chi connectivity index (χ4n) is 2.84. The highest BCUT2D eigenvalue weighted by Crippen LogP contribution is 2.19. The molecule has 0 aliphatic carbocycles. The molecule has 29 heavy (non-hydrogen) atoms. The summed E-state index contributed by atoms with van der Waals surface area (Å²) < 4.78 is 10.4. The Kier molecular flexibility index (Phi) is 7.69. The van der Waals surface area contributed by atoms with Crippen LogP contribution < -0.4 is 20.9 Å². The number of ether oxygens (including phenoxy) is 2. The minimum Gasteiger partial charge on any atom is -0.497 e. The Labute approximate surface area is 171 Å². The third kappa shape index (κ3) is 7.52. The van der Waals surface area contributed by atoms with Crippen molar-refractivity contribution in [3.05, 3.63) is 29.8 Å². The highest BCUT2D eigenvalue weighted by molar-refractivity contribution is 5.82. The number of benzene rings is 1. The Bertz CT molecular complexity index is 707. The number of nitrogens with one attached hydrogen (secondary N) is 3. The van der Waals surface area contributed by atoms with Crippen LogP contribution in [0.3, 0.4) is 0 Å². The summed E-state index contributed by atoms with van der Waals surface area (Å²) in [6, 6.07) is 6.80. The zero-order chi connectivity index (χ0) is 21.4. The van der Waals surface area contributed by atoms with Gasteiger partial charge in [-0.05, 0) is 51.3 Å². The van der Waals surface area contributed by atoms with E-state index in [-0.39, 0.29) is 17.9 Å². The number of carbonyl (C=O) groups is 3. The molecule has 9 nitrogen and oxygen atoms in total. The molecule has 4 amide bonds. The first-order chi connectivity index (χ1) is 13.7. The van der Waals surface area contributed by atoms with Gasteiger partial charge in [-0.3, -0.25) is 10.2 Å². The van der Waals surface area contributed by atoms with Gasteiger partial charge in [-0.1, -0.05) is 12.1 Å². The van der Waals surface area contributed by atoms with Gasteiger partial charge in [0.1, 0.15) is 11.4 Å². The molecule has 0 atom stereocenters. The predicted molar refractivity (Wildman–Crippen MR) is 107 cm³/mol. The molecule has 160 valence electrons. The van der Waals surface area contributed by atoms with E-state index >= 15 is 0 Å². The van der Waals surface area contributed by atoms with Crippen molar-refractivity contribution in [1.82, 2.24) is 21.1 Å². The molecule has 0 radical (unpaired) electrons. The monoisotopic (exact) mass is 406 g/mol. The third-order valence-corrected chi connectivity index (χ3v) is 4.43. The standard InChI is InChI=1S/C20H30N4O5/c1-20(2,3)29-19(27)24-11-9-15(10-12-24)17(25)22-23-18(26)21-13-14-5-7-16(28-4)8-6-14/h5-8,15H,9-13H2,1-4H3,(H,22,25)(H2,21,23,26). The smallest absolute Gasteiger partial charge is 0.410 e. The number of carbonyl (C=O) groups excluding carboxylic acids is 3. The molecule has 1 aliphatic heterocycles. The summed E-state index contributed by atoms with van der Waals surface area (Å²) in [5.74, 6) is 0.201. The molecule has 0 spiro atoms. The van der Waals surface area contributed by atoms with E-state index in [1.54, 1.807) is 24.1 Å². The Morgan fingerprint density at radius 2 is 1.69 bits per heavy atom. The van der Waals surface area contributed by atoms with E-state index in [1.807, 2.05) is 32.9 Å². The lowest BCUT2D eigenvalue weighted by Crippen LogP contribution is -2.51. The lowest BCUT2D eigenvalue weighted by atomic mass is 9.96. The number of piperidine rings is 1. The van der Waals surface area contributed by atoms with Crippen LogP contribution in [0.15, 0.2) is 24.3 Å². The Morgan fingerprint density at radius 1 is 1.07 bits per heavy atom. The average molecular weight is 406 g/mol.